The Morgan fingerprint density at radius 3 is 2.00 bits per heavy atom. The highest BCUT2D eigenvalue weighted by atomic mass is 19.3. The molecule has 0 aromatic heterocycles. The van der Waals surface area contributed by atoms with Gasteiger partial charge in [-0.2, -0.15) is 0 Å². The van der Waals surface area contributed by atoms with Gasteiger partial charge in [-0.25, -0.2) is 8.78 Å². The van der Waals surface area contributed by atoms with Crippen LogP contribution in [0.1, 0.15) is 45.2 Å². The van der Waals surface area contributed by atoms with Crippen LogP contribution in [0.4, 0.5) is 8.78 Å². The summed E-state index contributed by atoms with van der Waals surface area (Å²) in [5, 5.41) is 0. The molecule has 1 aromatic carbocycles. The van der Waals surface area contributed by atoms with Gasteiger partial charge in [-0.3, -0.25) is 0 Å². The maximum absolute atomic E-state index is 12.8. The second kappa shape index (κ2) is 4.56. The van der Waals surface area contributed by atoms with Crippen molar-refractivity contribution < 1.29 is 18.1 Å². The van der Waals surface area contributed by atoms with E-state index in [0.717, 1.165) is 5.56 Å². The van der Waals surface area contributed by atoms with E-state index in [1.54, 1.807) is 6.92 Å². The van der Waals surface area contributed by atoms with E-state index in [1.165, 1.54) is 12.1 Å². The van der Waals surface area contributed by atoms with E-state index in [-0.39, 0.29) is 5.56 Å². The molecule has 1 saturated heterocycles. The summed E-state index contributed by atoms with van der Waals surface area (Å²) in [6.07, 6.45) is -2.49. The molecule has 1 fully saturated rings. The molecule has 0 spiro atoms. The molecular formula is C14H19BF2O2. The van der Waals surface area contributed by atoms with Gasteiger partial charge in [-0.1, -0.05) is 23.8 Å². The number of halogens is 2. The van der Waals surface area contributed by atoms with Gasteiger partial charge in [0.1, 0.15) is 0 Å². The van der Waals surface area contributed by atoms with Crippen molar-refractivity contribution in [2.45, 2.75) is 52.2 Å². The fourth-order valence-corrected chi connectivity index (χ4v) is 2.08. The predicted octanol–water partition coefficient (Wildman–Crippen LogP) is 3.23. The molecule has 0 bridgehead atoms. The van der Waals surface area contributed by atoms with Crippen molar-refractivity contribution in [3.63, 3.8) is 0 Å². The SMILES string of the molecule is Cc1cc(B2OC(C)(C)C(C)(C)O2)cc(C(F)F)c1. The van der Waals surface area contributed by atoms with Crippen LogP contribution in [0.3, 0.4) is 0 Å². The van der Waals surface area contributed by atoms with Gasteiger partial charge < -0.3 is 9.31 Å². The average Bonchev–Trinajstić information content (AvgIpc) is 2.47. The zero-order valence-electron chi connectivity index (χ0n) is 12.0. The zero-order chi connectivity index (χ0) is 14.4. The molecule has 0 unspecified atom stereocenters. The standard InChI is InChI=1S/C14H19BF2O2/c1-9-6-10(12(16)17)8-11(7-9)15-18-13(2,3)14(4,5)19-15/h6-8,12H,1-5H3. The normalized spacial score (nSPS) is 21.2. The van der Waals surface area contributed by atoms with Crippen LogP contribution in [0, 0.1) is 6.92 Å². The van der Waals surface area contributed by atoms with Gasteiger partial charge in [-0.15, -0.1) is 0 Å². The van der Waals surface area contributed by atoms with Crippen molar-refractivity contribution in [1.29, 1.82) is 0 Å². The Labute approximate surface area is 113 Å². The van der Waals surface area contributed by atoms with Crippen LogP contribution in [0.5, 0.6) is 0 Å². The Bertz CT molecular complexity index is 470. The third-order valence-corrected chi connectivity index (χ3v) is 3.90. The summed E-state index contributed by atoms with van der Waals surface area (Å²) in [7, 11) is -0.595. The summed E-state index contributed by atoms with van der Waals surface area (Å²) in [6.45, 7) is 9.56. The quantitative estimate of drug-likeness (QED) is 0.766. The lowest BCUT2D eigenvalue weighted by molar-refractivity contribution is 0.00578. The lowest BCUT2D eigenvalue weighted by Gasteiger charge is -2.32. The molecule has 0 atom stereocenters. The van der Waals surface area contributed by atoms with E-state index in [0.29, 0.717) is 5.46 Å². The van der Waals surface area contributed by atoms with Crippen LogP contribution in [0.25, 0.3) is 0 Å². The molecular weight excluding hydrogens is 249 g/mol. The second-order valence-electron chi connectivity index (χ2n) is 6.07. The van der Waals surface area contributed by atoms with E-state index in [4.69, 9.17) is 9.31 Å². The van der Waals surface area contributed by atoms with E-state index >= 15 is 0 Å². The fraction of sp³-hybridized carbons (Fsp3) is 0.571. The van der Waals surface area contributed by atoms with Crippen molar-refractivity contribution in [3.8, 4) is 0 Å². The fourth-order valence-electron chi connectivity index (χ4n) is 2.08. The van der Waals surface area contributed by atoms with Crippen molar-refractivity contribution >= 4 is 12.6 Å². The Morgan fingerprint density at radius 2 is 1.53 bits per heavy atom. The van der Waals surface area contributed by atoms with Crippen molar-refractivity contribution in [2.75, 3.05) is 0 Å². The van der Waals surface area contributed by atoms with Crippen LogP contribution < -0.4 is 5.46 Å². The van der Waals surface area contributed by atoms with Gasteiger partial charge in [0.15, 0.2) is 0 Å². The molecule has 0 saturated carbocycles. The molecule has 5 heteroatoms. The van der Waals surface area contributed by atoms with Crippen molar-refractivity contribution in [2.24, 2.45) is 0 Å². The van der Waals surface area contributed by atoms with Crippen LogP contribution >= 0.6 is 0 Å². The first-order valence-electron chi connectivity index (χ1n) is 6.38. The third kappa shape index (κ3) is 2.67. The van der Waals surface area contributed by atoms with E-state index in [9.17, 15) is 8.78 Å². The summed E-state index contributed by atoms with van der Waals surface area (Å²) in [5.41, 5.74) is 0.500. The lowest BCUT2D eigenvalue weighted by atomic mass is 9.77. The number of rotatable bonds is 2. The number of benzene rings is 1. The molecule has 2 rings (SSSR count). The summed E-state index contributed by atoms with van der Waals surface area (Å²) < 4.78 is 37.4. The Hall–Kier alpha value is -0.935. The summed E-state index contributed by atoms with van der Waals surface area (Å²) in [5.74, 6) is 0. The van der Waals surface area contributed by atoms with Crippen LogP contribution in [-0.4, -0.2) is 18.3 Å². The number of hydrogen-bond donors (Lipinski definition) is 0. The molecule has 0 N–H and O–H groups in total. The van der Waals surface area contributed by atoms with Gasteiger partial charge in [0.05, 0.1) is 11.2 Å². The van der Waals surface area contributed by atoms with Gasteiger partial charge in [0.2, 0.25) is 0 Å². The second-order valence-corrected chi connectivity index (χ2v) is 6.07. The Kier molecular flexibility index (Phi) is 3.48. The maximum Gasteiger partial charge on any atom is 0.494 e. The molecule has 1 heterocycles. The zero-order valence-corrected chi connectivity index (χ0v) is 12.0. The predicted molar refractivity (Wildman–Crippen MR) is 71.9 cm³/mol. The summed E-state index contributed by atoms with van der Waals surface area (Å²) in [4.78, 5) is 0. The van der Waals surface area contributed by atoms with Crippen molar-refractivity contribution in [3.05, 3.63) is 29.3 Å². The maximum atomic E-state index is 12.8. The van der Waals surface area contributed by atoms with E-state index in [1.807, 2.05) is 33.8 Å². The van der Waals surface area contributed by atoms with Gasteiger partial charge in [0, 0.05) is 5.56 Å². The minimum Gasteiger partial charge on any atom is -0.399 e. The van der Waals surface area contributed by atoms with Gasteiger partial charge in [0.25, 0.3) is 6.43 Å². The molecule has 19 heavy (non-hydrogen) atoms. The average molecular weight is 268 g/mol. The first-order valence-corrected chi connectivity index (χ1v) is 6.38. The number of aryl methyl sites for hydroxylation is 1. The smallest absolute Gasteiger partial charge is 0.399 e. The Balaban J connectivity index is 2.34. The first-order chi connectivity index (χ1) is 8.62. The highest BCUT2D eigenvalue weighted by Gasteiger charge is 2.51. The minimum absolute atomic E-state index is 0.00436. The number of alkyl halides is 2. The molecule has 1 aromatic rings. The van der Waals surface area contributed by atoms with Crippen LogP contribution in [0.15, 0.2) is 18.2 Å². The molecule has 0 radical (unpaired) electrons. The monoisotopic (exact) mass is 268 g/mol. The molecule has 1 aliphatic heterocycles. The van der Waals surface area contributed by atoms with Gasteiger partial charge in [-0.05, 0) is 40.1 Å². The highest BCUT2D eigenvalue weighted by Crippen LogP contribution is 2.36. The van der Waals surface area contributed by atoms with Crippen molar-refractivity contribution in [1.82, 2.24) is 0 Å². The molecule has 2 nitrogen and oxygen atoms in total. The minimum atomic E-state index is -2.49. The Morgan fingerprint density at radius 1 is 1.00 bits per heavy atom. The summed E-state index contributed by atoms with van der Waals surface area (Å²) >= 11 is 0. The molecule has 0 amide bonds. The van der Waals surface area contributed by atoms with E-state index < -0.39 is 24.7 Å². The largest absolute Gasteiger partial charge is 0.494 e. The molecule has 0 aliphatic carbocycles. The van der Waals surface area contributed by atoms with Gasteiger partial charge >= 0.3 is 7.12 Å². The summed E-state index contributed by atoms with van der Waals surface area (Å²) in [6, 6.07) is 4.77. The number of hydrogen-bond acceptors (Lipinski definition) is 2. The first kappa shape index (κ1) is 14.5. The van der Waals surface area contributed by atoms with Crippen LogP contribution in [0.2, 0.25) is 0 Å². The van der Waals surface area contributed by atoms with Crippen LogP contribution in [-0.2, 0) is 9.31 Å². The third-order valence-electron chi connectivity index (χ3n) is 3.90. The van der Waals surface area contributed by atoms with E-state index in [2.05, 4.69) is 0 Å². The topological polar surface area (TPSA) is 18.5 Å². The lowest BCUT2D eigenvalue weighted by Crippen LogP contribution is -2.41. The molecule has 104 valence electrons. The molecule has 1 aliphatic rings. The highest BCUT2D eigenvalue weighted by molar-refractivity contribution is 6.62.